The van der Waals surface area contributed by atoms with Crippen molar-refractivity contribution in [2.24, 2.45) is 0 Å². The SMILES string of the molecule is Cc1ccc(NC(C)c2c(Cl)ccc(F)c2Cl)c(C)c1. The molecule has 2 rings (SSSR count). The molecule has 0 bridgehead atoms. The molecule has 2 aromatic rings. The van der Waals surface area contributed by atoms with E-state index in [-0.39, 0.29) is 11.1 Å². The lowest BCUT2D eigenvalue weighted by Crippen LogP contribution is -2.09. The molecule has 20 heavy (non-hydrogen) atoms. The van der Waals surface area contributed by atoms with Crippen LogP contribution in [0.4, 0.5) is 10.1 Å². The molecule has 2 aromatic carbocycles. The molecule has 1 N–H and O–H groups in total. The first-order valence-electron chi connectivity index (χ1n) is 6.37. The number of aryl methyl sites for hydroxylation is 2. The van der Waals surface area contributed by atoms with E-state index in [0.717, 1.165) is 11.3 Å². The van der Waals surface area contributed by atoms with E-state index in [1.54, 1.807) is 0 Å². The largest absolute Gasteiger partial charge is 0.378 e. The number of hydrogen-bond donors (Lipinski definition) is 1. The Morgan fingerprint density at radius 1 is 1.10 bits per heavy atom. The summed E-state index contributed by atoms with van der Waals surface area (Å²) in [6.45, 7) is 5.98. The predicted octanol–water partition coefficient (Wildman–Crippen LogP) is 5.92. The molecular weight excluding hydrogens is 296 g/mol. The van der Waals surface area contributed by atoms with E-state index in [4.69, 9.17) is 23.2 Å². The zero-order chi connectivity index (χ0) is 14.9. The maximum absolute atomic E-state index is 13.6. The van der Waals surface area contributed by atoms with E-state index >= 15 is 0 Å². The van der Waals surface area contributed by atoms with Crippen molar-refractivity contribution in [2.45, 2.75) is 26.8 Å². The van der Waals surface area contributed by atoms with E-state index in [1.807, 2.05) is 32.9 Å². The molecular formula is C16H16Cl2FN. The number of benzene rings is 2. The molecule has 0 spiro atoms. The summed E-state index contributed by atoms with van der Waals surface area (Å²) in [4.78, 5) is 0. The summed E-state index contributed by atoms with van der Waals surface area (Å²) in [6.07, 6.45) is 0. The highest BCUT2D eigenvalue weighted by atomic mass is 35.5. The zero-order valence-electron chi connectivity index (χ0n) is 11.6. The zero-order valence-corrected chi connectivity index (χ0v) is 13.1. The van der Waals surface area contributed by atoms with Gasteiger partial charge in [0.2, 0.25) is 0 Å². The van der Waals surface area contributed by atoms with Gasteiger partial charge in [-0.2, -0.15) is 0 Å². The van der Waals surface area contributed by atoms with Crippen LogP contribution in [0.1, 0.15) is 29.7 Å². The summed E-state index contributed by atoms with van der Waals surface area (Å²) in [5.74, 6) is -0.458. The predicted molar refractivity (Wildman–Crippen MR) is 84.4 cm³/mol. The third-order valence-corrected chi connectivity index (χ3v) is 3.98. The van der Waals surface area contributed by atoms with E-state index in [2.05, 4.69) is 11.4 Å². The molecule has 1 nitrogen and oxygen atoms in total. The average molecular weight is 312 g/mol. The van der Waals surface area contributed by atoms with Crippen LogP contribution in [0.5, 0.6) is 0 Å². The van der Waals surface area contributed by atoms with Crippen molar-refractivity contribution in [3.05, 3.63) is 62.9 Å². The van der Waals surface area contributed by atoms with Gasteiger partial charge in [-0.3, -0.25) is 0 Å². The van der Waals surface area contributed by atoms with Crippen molar-refractivity contribution in [1.82, 2.24) is 0 Å². The Balaban J connectivity index is 2.33. The molecule has 1 atom stereocenters. The van der Waals surface area contributed by atoms with Gasteiger partial charge in [-0.25, -0.2) is 4.39 Å². The second kappa shape index (κ2) is 6.02. The highest BCUT2D eigenvalue weighted by Crippen LogP contribution is 2.34. The lowest BCUT2D eigenvalue weighted by atomic mass is 10.1. The van der Waals surface area contributed by atoms with Gasteiger partial charge in [-0.15, -0.1) is 0 Å². The van der Waals surface area contributed by atoms with Gasteiger partial charge in [0.25, 0.3) is 0 Å². The van der Waals surface area contributed by atoms with Crippen LogP contribution in [0.25, 0.3) is 0 Å². The van der Waals surface area contributed by atoms with Crippen LogP contribution >= 0.6 is 23.2 Å². The van der Waals surface area contributed by atoms with E-state index in [9.17, 15) is 4.39 Å². The Morgan fingerprint density at radius 2 is 1.80 bits per heavy atom. The Morgan fingerprint density at radius 3 is 2.45 bits per heavy atom. The van der Waals surface area contributed by atoms with Crippen molar-refractivity contribution < 1.29 is 4.39 Å². The summed E-state index contributed by atoms with van der Waals surface area (Å²) < 4.78 is 13.6. The Labute approximate surface area is 128 Å². The summed E-state index contributed by atoms with van der Waals surface area (Å²) in [6, 6.07) is 8.73. The third kappa shape index (κ3) is 3.08. The standard InChI is InChI=1S/C16H16Cl2FN/c1-9-4-7-14(10(2)8-9)20-11(3)15-12(17)5-6-13(19)16(15)18/h4-8,11,20H,1-3H3. The molecule has 0 radical (unpaired) electrons. The smallest absolute Gasteiger partial charge is 0.142 e. The number of nitrogens with one attached hydrogen (secondary N) is 1. The molecule has 0 saturated carbocycles. The maximum atomic E-state index is 13.6. The fourth-order valence-corrected chi connectivity index (χ4v) is 2.92. The maximum Gasteiger partial charge on any atom is 0.142 e. The Bertz CT molecular complexity index is 641. The number of rotatable bonds is 3. The van der Waals surface area contributed by atoms with Gasteiger partial charge in [0.05, 0.1) is 11.1 Å². The Hall–Kier alpha value is -1.25. The summed E-state index contributed by atoms with van der Waals surface area (Å²) in [5.41, 5.74) is 3.89. The summed E-state index contributed by atoms with van der Waals surface area (Å²) in [7, 11) is 0. The topological polar surface area (TPSA) is 12.0 Å². The minimum Gasteiger partial charge on any atom is -0.378 e. The van der Waals surface area contributed by atoms with Crippen molar-refractivity contribution in [3.8, 4) is 0 Å². The van der Waals surface area contributed by atoms with Crippen LogP contribution in [0.15, 0.2) is 30.3 Å². The quantitative estimate of drug-likeness (QED) is 0.693. The number of halogens is 3. The normalized spacial score (nSPS) is 12.3. The van der Waals surface area contributed by atoms with Gasteiger partial charge < -0.3 is 5.32 Å². The minimum atomic E-state index is -0.458. The second-order valence-corrected chi connectivity index (χ2v) is 5.73. The summed E-state index contributed by atoms with van der Waals surface area (Å²) >= 11 is 12.2. The van der Waals surface area contributed by atoms with Gasteiger partial charge in [0.1, 0.15) is 5.82 Å². The molecule has 0 aromatic heterocycles. The minimum absolute atomic E-state index is 0.0715. The highest BCUT2D eigenvalue weighted by Gasteiger charge is 2.17. The van der Waals surface area contributed by atoms with Crippen LogP contribution in [0, 0.1) is 19.7 Å². The van der Waals surface area contributed by atoms with Gasteiger partial charge in [0.15, 0.2) is 0 Å². The molecule has 4 heteroatoms. The van der Waals surface area contributed by atoms with E-state index < -0.39 is 5.82 Å². The van der Waals surface area contributed by atoms with Gasteiger partial charge in [-0.05, 0) is 44.5 Å². The average Bonchev–Trinajstić information content (AvgIpc) is 2.38. The molecule has 0 fully saturated rings. The lowest BCUT2D eigenvalue weighted by Gasteiger charge is -2.20. The fourth-order valence-electron chi connectivity index (χ4n) is 2.22. The van der Waals surface area contributed by atoms with Crippen molar-refractivity contribution >= 4 is 28.9 Å². The van der Waals surface area contributed by atoms with Crippen molar-refractivity contribution in [3.63, 3.8) is 0 Å². The van der Waals surface area contributed by atoms with Crippen molar-refractivity contribution in [1.29, 1.82) is 0 Å². The number of hydrogen-bond acceptors (Lipinski definition) is 1. The van der Waals surface area contributed by atoms with Gasteiger partial charge in [0, 0.05) is 16.3 Å². The van der Waals surface area contributed by atoms with E-state index in [1.165, 1.54) is 17.7 Å². The van der Waals surface area contributed by atoms with Crippen LogP contribution < -0.4 is 5.32 Å². The molecule has 0 heterocycles. The molecule has 0 aliphatic carbocycles. The molecule has 0 saturated heterocycles. The number of anilines is 1. The van der Waals surface area contributed by atoms with Crippen LogP contribution in [0.2, 0.25) is 10.0 Å². The lowest BCUT2D eigenvalue weighted by molar-refractivity contribution is 0.624. The first-order chi connectivity index (χ1) is 9.40. The fraction of sp³-hybridized carbons (Fsp3) is 0.250. The molecule has 1 unspecified atom stereocenters. The first kappa shape index (κ1) is 15.1. The van der Waals surface area contributed by atoms with Crippen LogP contribution in [-0.4, -0.2) is 0 Å². The van der Waals surface area contributed by atoms with E-state index in [0.29, 0.717) is 10.6 Å². The first-order valence-corrected chi connectivity index (χ1v) is 7.13. The second-order valence-electron chi connectivity index (χ2n) is 4.94. The molecule has 0 aliphatic heterocycles. The van der Waals surface area contributed by atoms with Gasteiger partial charge in [-0.1, -0.05) is 40.9 Å². The molecule has 106 valence electrons. The monoisotopic (exact) mass is 311 g/mol. The molecule has 0 amide bonds. The van der Waals surface area contributed by atoms with Crippen molar-refractivity contribution in [2.75, 3.05) is 5.32 Å². The van der Waals surface area contributed by atoms with Gasteiger partial charge >= 0.3 is 0 Å². The highest BCUT2D eigenvalue weighted by molar-refractivity contribution is 6.36. The molecule has 0 aliphatic rings. The summed E-state index contributed by atoms with van der Waals surface area (Å²) in [5, 5.41) is 3.86. The van der Waals surface area contributed by atoms with Crippen LogP contribution in [-0.2, 0) is 0 Å². The third-order valence-electron chi connectivity index (χ3n) is 3.27. The van der Waals surface area contributed by atoms with Crippen LogP contribution in [0.3, 0.4) is 0 Å². The Kier molecular flexibility index (Phi) is 4.56.